The first-order valence-electron chi connectivity index (χ1n) is 10.5. The van der Waals surface area contributed by atoms with Gasteiger partial charge < -0.3 is 10.1 Å². The third kappa shape index (κ3) is 4.13. The van der Waals surface area contributed by atoms with Crippen LogP contribution < -0.4 is 5.32 Å². The number of ether oxygens (including phenoxy) is 1. The van der Waals surface area contributed by atoms with Crippen LogP contribution >= 0.6 is 0 Å². The van der Waals surface area contributed by atoms with Crippen molar-refractivity contribution in [2.45, 2.75) is 13.6 Å². The molecule has 1 aromatic carbocycles. The summed E-state index contributed by atoms with van der Waals surface area (Å²) in [6.45, 7) is 2.41. The number of amides is 1. The number of esters is 1. The van der Waals surface area contributed by atoms with E-state index in [1.54, 1.807) is 57.6 Å². The van der Waals surface area contributed by atoms with Gasteiger partial charge in [0.1, 0.15) is 12.2 Å². The Bertz CT molecular complexity index is 1470. The number of fused-ring (bicyclic) bond motifs is 1. The van der Waals surface area contributed by atoms with E-state index < -0.39 is 5.97 Å². The van der Waals surface area contributed by atoms with Crippen molar-refractivity contribution in [2.24, 2.45) is 0 Å². The van der Waals surface area contributed by atoms with Crippen molar-refractivity contribution in [2.75, 3.05) is 11.9 Å². The van der Waals surface area contributed by atoms with Crippen LogP contribution in [0.1, 0.15) is 27.8 Å². The predicted molar refractivity (Wildman–Crippen MR) is 122 cm³/mol. The molecule has 0 unspecified atom stereocenters. The maximum Gasteiger partial charge on any atom is 0.343 e. The van der Waals surface area contributed by atoms with E-state index in [1.807, 2.05) is 30.5 Å². The van der Waals surface area contributed by atoms with E-state index in [9.17, 15) is 9.59 Å². The molecule has 5 rings (SSSR count). The van der Waals surface area contributed by atoms with Gasteiger partial charge in [0.2, 0.25) is 0 Å². The van der Waals surface area contributed by atoms with Crippen LogP contribution in [0, 0.1) is 0 Å². The molecule has 0 atom stereocenters. The molecule has 0 aliphatic rings. The first-order valence-corrected chi connectivity index (χ1v) is 10.5. The number of rotatable bonds is 7. The second kappa shape index (κ2) is 8.98. The molecule has 0 radical (unpaired) electrons. The summed E-state index contributed by atoms with van der Waals surface area (Å²) in [5, 5.41) is 15.6. The molecule has 0 aliphatic carbocycles. The predicted octanol–water partition coefficient (Wildman–Crippen LogP) is 2.72. The Kier molecular flexibility index (Phi) is 5.56. The fourth-order valence-corrected chi connectivity index (χ4v) is 3.51. The number of carbonyl (C=O) groups is 2. The summed E-state index contributed by atoms with van der Waals surface area (Å²) in [5.41, 5.74) is 3.06. The highest BCUT2D eigenvalue weighted by atomic mass is 16.5. The number of nitrogens with one attached hydrogen (secondary N) is 1. The maximum absolute atomic E-state index is 12.7. The van der Waals surface area contributed by atoms with Crippen molar-refractivity contribution in [3.8, 4) is 11.3 Å². The quantitative estimate of drug-likeness (QED) is 0.374. The van der Waals surface area contributed by atoms with Gasteiger partial charge >= 0.3 is 5.97 Å². The summed E-state index contributed by atoms with van der Waals surface area (Å²) >= 11 is 0. The zero-order valence-electron chi connectivity index (χ0n) is 18.2. The largest absolute Gasteiger partial charge is 0.462 e. The molecule has 5 aromatic rings. The van der Waals surface area contributed by atoms with E-state index in [4.69, 9.17) is 4.74 Å². The molecule has 0 spiro atoms. The molecular formula is C23H20N8O3. The van der Waals surface area contributed by atoms with Gasteiger partial charge in [-0.05, 0) is 37.3 Å². The number of hydrogen-bond acceptors (Lipinski definition) is 7. The van der Waals surface area contributed by atoms with Crippen molar-refractivity contribution in [1.82, 2.24) is 34.2 Å². The average molecular weight is 456 g/mol. The summed E-state index contributed by atoms with van der Waals surface area (Å²) in [6.07, 6.45) is 8.26. The van der Waals surface area contributed by atoms with E-state index in [0.29, 0.717) is 29.3 Å². The van der Waals surface area contributed by atoms with Gasteiger partial charge in [0.15, 0.2) is 11.3 Å². The molecule has 0 saturated carbocycles. The van der Waals surface area contributed by atoms with Crippen LogP contribution in [0.4, 0.5) is 5.69 Å². The van der Waals surface area contributed by atoms with Crippen LogP contribution in [0.15, 0.2) is 73.4 Å². The molecule has 0 aliphatic heterocycles. The minimum absolute atomic E-state index is 0.263. The molecule has 0 bridgehead atoms. The lowest BCUT2D eigenvalue weighted by Gasteiger charge is -2.08. The third-order valence-corrected chi connectivity index (χ3v) is 5.04. The SMILES string of the molecule is CCOC(=O)c1cnn2c(-c3cccc(NC(=O)c4ccn(Cn5cccn5)n4)c3)ccnc12. The number of nitrogens with zero attached hydrogens (tertiary/aromatic N) is 7. The van der Waals surface area contributed by atoms with Crippen molar-refractivity contribution in [3.63, 3.8) is 0 Å². The van der Waals surface area contributed by atoms with Crippen LogP contribution in [-0.4, -0.2) is 52.6 Å². The molecule has 11 nitrogen and oxygen atoms in total. The van der Waals surface area contributed by atoms with Crippen molar-refractivity contribution in [3.05, 3.63) is 84.7 Å². The first-order chi connectivity index (χ1) is 16.6. The highest BCUT2D eigenvalue weighted by Crippen LogP contribution is 2.24. The summed E-state index contributed by atoms with van der Waals surface area (Å²) in [6, 6.07) is 12.6. The monoisotopic (exact) mass is 456 g/mol. The summed E-state index contributed by atoms with van der Waals surface area (Å²) in [7, 11) is 0. The Morgan fingerprint density at radius 3 is 2.76 bits per heavy atom. The smallest absolute Gasteiger partial charge is 0.343 e. The summed E-state index contributed by atoms with van der Waals surface area (Å²) in [5.74, 6) is -0.810. The zero-order chi connectivity index (χ0) is 23.5. The number of aromatic nitrogens is 7. The molecule has 4 aromatic heterocycles. The van der Waals surface area contributed by atoms with E-state index in [1.165, 1.54) is 6.20 Å². The normalized spacial score (nSPS) is 11.0. The van der Waals surface area contributed by atoms with Crippen molar-refractivity contribution in [1.29, 1.82) is 0 Å². The molecule has 0 saturated heterocycles. The van der Waals surface area contributed by atoms with Gasteiger partial charge in [-0.1, -0.05) is 12.1 Å². The Morgan fingerprint density at radius 2 is 1.94 bits per heavy atom. The molecule has 34 heavy (non-hydrogen) atoms. The number of benzene rings is 1. The average Bonchev–Trinajstić information content (AvgIpc) is 3.60. The minimum Gasteiger partial charge on any atom is -0.462 e. The molecule has 1 amide bonds. The third-order valence-electron chi connectivity index (χ3n) is 5.04. The second-order valence-corrected chi connectivity index (χ2v) is 7.31. The highest BCUT2D eigenvalue weighted by Gasteiger charge is 2.17. The minimum atomic E-state index is -0.477. The van der Waals surface area contributed by atoms with Crippen molar-refractivity contribution >= 4 is 23.2 Å². The van der Waals surface area contributed by atoms with Gasteiger partial charge in [-0.15, -0.1) is 0 Å². The van der Waals surface area contributed by atoms with Crippen LogP contribution in [0.3, 0.4) is 0 Å². The van der Waals surface area contributed by atoms with Crippen LogP contribution in [0.25, 0.3) is 16.9 Å². The Hall–Kier alpha value is -4.80. The first kappa shape index (κ1) is 21.1. The van der Waals surface area contributed by atoms with E-state index >= 15 is 0 Å². The van der Waals surface area contributed by atoms with Crippen LogP contribution in [0.5, 0.6) is 0 Å². The second-order valence-electron chi connectivity index (χ2n) is 7.31. The lowest BCUT2D eigenvalue weighted by atomic mass is 10.1. The molecule has 170 valence electrons. The molecule has 11 heteroatoms. The van der Waals surface area contributed by atoms with Gasteiger partial charge in [0, 0.05) is 36.0 Å². The molecule has 4 heterocycles. The molecule has 0 fully saturated rings. The van der Waals surface area contributed by atoms with Crippen molar-refractivity contribution < 1.29 is 14.3 Å². The fourth-order valence-electron chi connectivity index (χ4n) is 3.51. The fraction of sp³-hybridized carbons (Fsp3) is 0.130. The van der Waals surface area contributed by atoms with E-state index in [2.05, 4.69) is 25.6 Å². The topological polar surface area (TPSA) is 121 Å². The number of carbonyl (C=O) groups excluding carboxylic acids is 2. The van der Waals surface area contributed by atoms with Crippen LogP contribution in [-0.2, 0) is 11.4 Å². The van der Waals surface area contributed by atoms with Gasteiger partial charge in [0.25, 0.3) is 5.91 Å². The van der Waals surface area contributed by atoms with Gasteiger partial charge in [-0.3, -0.25) is 14.2 Å². The number of hydrogen-bond donors (Lipinski definition) is 1. The summed E-state index contributed by atoms with van der Waals surface area (Å²) < 4.78 is 9.99. The lowest BCUT2D eigenvalue weighted by Crippen LogP contribution is -2.15. The molecule has 1 N–H and O–H groups in total. The molecular weight excluding hydrogens is 436 g/mol. The van der Waals surface area contributed by atoms with Gasteiger partial charge in [-0.2, -0.15) is 15.3 Å². The van der Waals surface area contributed by atoms with E-state index in [0.717, 1.165) is 5.56 Å². The Balaban J connectivity index is 1.37. The Labute approximate surface area is 193 Å². The van der Waals surface area contributed by atoms with Crippen LogP contribution in [0.2, 0.25) is 0 Å². The lowest BCUT2D eigenvalue weighted by molar-refractivity contribution is 0.0528. The standard InChI is InChI=1S/C23H20N8O3/c1-2-34-23(33)18-14-26-31-20(7-10-24-21(18)31)16-5-3-6-17(13-16)27-22(32)19-8-12-30(28-19)15-29-11-4-9-25-29/h3-14H,2,15H2,1H3,(H,27,32). The number of anilines is 1. The van der Waals surface area contributed by atoms with Gasteiger partial charge in [-0.25, -0.2) is 14.3 Å². The highest BCUT2D eigenvalue weighted by molar-refractivity contribution is 6.03. The summed E-state index contributed by atoms with van der Waals surface area (Å²) in [4.78, 5) is 29.2. The van der Waals surface area contributed by atoms with Gasteiger partial charge in [0.05, 0.1) is 18.5 Å². The Morgan fingerprint density at radius 1 is 1.03 bits per heavy atom. The van der Waals surface area contributed by atoms with E-state index in [-0.39, 0.29) is 18.2 Å². The maximum atomic E-state index is 12.7. The zero-order valence-corrected chi connectivity index (χ0v) is 18.2.